The van der Waals surface area contributed by atoms with Gasteiger partial charge in [-0.3, -0.25) is 0 Å². The quantitative estimate of drug-likeness (QED) is 0.868. The van der Waals surface area contributed by atoms with Crippen molar-refractivity contribution in [1.82, 2.24) is 10.6 Å². The van der Waals surface area contributed by atoms with Crippen molar-refractivity contribution in [3.63, 3.8) is 0 Å². The number of hydrogen-bond donors (Lipinski definition) is 2. The second-order valence-electron chi connectivity index (χ2n) is 4.23. The molecule has 0 spiro atoms. The highest BCUT2D eigenvalue weighted by molar-refractivity contribution is 6.35. The fourth-order valence-electron chi connectivity index (χ4n) is 1.96. The van der Waals surface area contributed by atoms with Crippen molar-refractivity contribution in [2.24, 2.45) is 5.92 Å². The van der Waals surface area contributed by atoms with Gasteiger partial charge in [-0.25, -0.2) is 0 Å². The molecular formula is C12H16Cl2N2. The molecule has 1 aliphatic heterocycles. The Bertz CT molecular complexity index is 349. The zero-order valence-electron chi connectivity index (χ0n) is 9.10. The molecule has 0 radical (unpaired) electrons. The number of benzene rings is 1. The molecule has 1 atom stereocenters. The molecule has 1 heterocycles. The molecule has 0 aromatic heterocycles. The van der Waals surface area contributed by atoms with Crippen LogP contribution in [0.5, 0.6) is 0 Å². The molecule has 2 nitrogen and oxygen atoms in total. The molecule has 4 heteroatoms. The molecule has 2 N–H and O–H groups in total. The van der Waals surface area contributed by atoms with Crippen molar-refractivity contribution in [2.75, 3.05) is 19.6 Å². The van der Waals surface area contributed by atoms with Gasteiger partial charge in [-0.05, 0) is 49.7 Å². The summed E-state index contributed by atoms with van der Waals surface area (Å²) >= 11 is 11.9. The molecule has 0 aliphatic carbocycles. The summed E-state index contributed by atoms with van der Waals surface area (Å²) in [5, 5.41) is 8.22. The van der Waals surface area contributed by atoms with Crippen LogP contribution < -0.4 is 10.6 Å². The predicted molar refractivity (Wildman–Crippen MR) is 69.1 cm³/mol. The summed E-state index contributed by atoms with van der Waals surface area (Å²) in [5.41, 5.74) is 1.11. The summed E-state index contributed by atoms with van der Waals surface area (Å²) in [4.78, 5) is 0. The summed E-state index contributed by atoms with van der Waals surface area (Å²) in [6, 6.07) is 5.64. The number of halogens is 2. The van der Waals surface area contributed by atoms with Crippen LogP contribution in [0.25, 0.3) is 0 Å². The maximum absolute atomic E-state index is 6.09. The van der Waals surface area contributed by atoms with Crippen LogP contribution in [0.15, 0.2) is 18.2 Å². The molecule has 0 saturated carbocycles. The Labute approximate surface area is 106 Å². The fraction of sp³-hybridized carbons (Fsp3) is 0.500. The summed E-state index contributed by atoms with van der Waals surface area (Å²) in [6.07, 6.45) is 1.27. The van der Waals surface area contributed by atoms with E-state index in [0.29, 0.717) is 5.02 Å². The molecule has 2 rings (SSSR count). The van der Waals surface area contributed by atoms with E-state index in [0.717, 1.165) is 42.7 Å². The molecule has 1 saturated heterocycles. The molecule has 1 aromatic rings. The van der Waals surface area contributed by atoms with Crippen molar-refractivity contribution >= 4 is 23.2 Å². The highest BCUT2D eigenvalue weighted by Gasteiger charge is 2.13. The molecule has 88 valence electrons. The Hall–Kier alpha value is -0.280. The highest BCUT2D eigenvalue weighted by Crippen LogP contribution is 2.20. The first-order valence-electron chi connectivity index (χ1n) is 5.61. The number of rotatable bonds is 4. The lowest BCUT2D eigenvalue weighted by Crippen LogP contribution is -2.24. The van der Waals surface area contributed by atoms with E-state index in [4.69, 9.17) is 23.2 Å². The Kier molecular flexibility index (Phi) is 4.47. The highest BCUT2D eigenvalue weighted by atomic mass is 35.5. The van der Waals surface area contributed by atoms with Crippen LogP contribution in [0.1, 0.15) is 12.0 Å². The first-order valence-corrected chi connectivity index (χ1v) is 6.36. The third-order valence-electron chi connectivity index (χ3n) is 2.93. The summed E-state index contributed by atoms with van der Waals surface area (Å²) in [7, 11) is 0. The third-order valence-corrected chi connectivity index (χ3v) is 3.51. The van der Waals surface area contributed by atoms with Crippen LogP contribution in [0.4, 0.5) is 0 Å². The first-order chi connectivity index (χ1) is 7.75. The van der Waals surface area contributed by atoms with Crippen molar-refractivity contribution < 1.29 is 0 Å². The minimum atomic E-state index is 0.689. The number of hydrogen-bond acceptors (Lipinski definition) is 2. The second kappa shape index (κ2) is 5.87. The van der Waals surface area contributed by atoms with E-state index in [2.05, 4.69) is 10.6 Å². The van der Waals surface area contributed by atoms with E-state index < -0.39 is 0 Å². The van der Waals surface area contributed by atoms with Crippen molar-refractivity contribution in [2.45, 2.75) is 13.0 Å². The van der Waals surface area contributed by atoms with Crippen LogP contribution >= 0.6 is 23.2 Å². The van der Waals surface area contributed by atoms with E-state index in [1.807, 2.05) is 12.1 Å². The van der Waals surface area contributed by atoms with Gasteiger partial charge in [-0.15, -0.1) is 0 Å². The molecule has 16 heavy (non-hydrogen) atoms. The topological polar surface area (TPSA) is 24.1 Å². The molecule has 0 bridgehead atoms. The maximum atomic E-state index is 6.09. The van der Waals surface area contributed by atoms with Gasteiger partial charge in [0.15, 0.2) is 0 Å². The molecular weight excluding hydrogens is 243 g/mol. The SMILES string of the molecule is Clc1ccc(CNCC2CCNC2)c(Cl)c1. The van der Waals surface area contributed by atoms with Crippen molar-refractivity contribution in [3.8, 4) is 0 Å². The summed E-state index contributed by atoms with van der Waals surface area (Å²) in [6.45, 7) is 4.13. The van der Waals surface area contributed by atoms with E-state index in [-0.39, 0.29) is 0 Å². The van der Waals surface area contributed by atoms with Gasteiger partial charge in [0.25, 0.3) is 0 Å². The van der Waals surface area contributed by atoms with Gasteiger partial charge < -0.3 is 10.6 Å². The van der Waals surface area contributed by atoms with Crippen molar-refractivity contribution in [1.29, 1.82) is 0 Å². The second-order valence-corrected chi connectivity index (χ2v) is 5.07. The van der Waals surface area contributed by atoms with Gasteiger partial charge >= 0.3 is 0 Å². The largest absolute Gasteiger partial charge is 0.316 e. The predicted octanol–water partition coefficient (Wildman–Crippen LogP) is 2.69. The third kappa shape index (κ3) is 3.36. The van der Waals surface area contributed by atoms with E-state index in [9.17, 15) is 0 Å². The Morgan fingerprint density at radius 3 is 2.94 bits per heavy atom. The lowest BCUT2D eigenvalue weighted by molar-refractivity contribution is 0.513. The summed E-state index contributed by atoms with van der Waals surface area (Å²) in [5.74, 6) is 0.756. The standard InChI is InChI=1S/C12H16Cl2N2/c13-11-2-1-10(12(14)5-11)8-16-7-9-3-4-15-6-9/h1-2,5,9,15-16H,3-4,6-8H2. The average Bonchev–Trinajstić information content (AvgIpc) is 2.74. The minimum Gasteiger partial charge on any atom is -0.316 e. The van der Waals surface area contributed by atoms with Crippen LogP contribution in [-0.2, 0) is 6.54 Å². The van der Waals surface area contributed by atoms with Gasteiger partial charge in [0.2, 0.25) is 0 Å². The Morgan fingerprint density at radius 2 is 2.25 bits per heavy atom. The average molecular weight is 259 g/mol. The zero-order valence-corrected chi connectivity index (χ0v) is 10.6. The van der Waals surface area contributed by atoms with Gasteiger partial charge in [-0.2, -0.15) is 0 Å². The maximum Gasteiger partial charge on any atom is 0.0465 e. The van der Waals surface area contributed by atoms with Crippen molar-refractivity contribution in [3.05, 3.63) is 33.8 Å². The molecule has 1 fully saturated rings. The Balaban J connectivity index is 1.80. The van der Waals surface area contributed by atoms with Gasteiger partial charge in [0.1, 0.15) is 0 Å². The zero-order chi connectivity index (χ0) is 11.4. The monoisotopic (exact) mass is 258 g/mol. The smallest absolute Gasteiger partial charge is 0.0465 e. The molecule has 1 aliphatic rings. The molecule has 0 amide bonds. The lowest BCUT2D eigenvalue weighted by atomic mass is 10.1. The van der Waals surface area contributed by atoms with Gasteiger partial charge in [-0.1, -0.05) is 29.3 Å². The van der Waals surface area contributed by atoms with Gasteiger partial charge in [0.05, 0.1) is 0 Å². The normalized spacial score (nSPS) is 20.2. The summed E-state index contributed by atoms with van der Waals surface area (Å²) < 4.78 is 0. The van der Waals surface area contributed by atoms with Crippen LogP contribution in [0.3, 0.4) is 0 Å². The lowest BCUT2D eigenvalue weighted by Gasteiger charge is -2.11. The first kappa shape index (κ1) is 12.2. The van der Waals surface area contributed by atoms with Crippen LogP contribution in [0.2, 0.25) is 10.0 Å². The minimum absolute atomic E-state index is 0.689. The van der Waals surface area contributed by atoms with E-state index in [1.54, 1.807) is 6.07 Å². The van der Waals surface area contributed by atoms with Crippen LogP contribution in [0, 0.1) is 5.92 Å². The fourth-order valence-corrected chi connectivity index (χ4v) is 2.44. The molecule has 1 unspecified atom stereocenters. The van der Waals surface area contributed by atoms with E-state index in [1.165, 1.54) is 6.42 Å². The molecule has 1 aromatic carbocycles. The Morgan fingerprint density at radius 1 is 1.38 bits per heavy atom. The van der Waals surface area contributed by atoms with Crippen LogP contribution in [-0.4, -0.2) is 19.6 Å². The van der Waals surface area contributed by atoms with E-state index >= 15 is 0 Å². The number of nitrogens with one attached hydrogen (secondary N) is 2. The van der Waals surface area contributed by atoms with Gasteiger partial charge in [0, 0.05) is 16.6 Å².